The van der Waals surface area contributed by atoms with Crippen LogP contribution in [0.2, 0.25) is 0 Å². The number of hydrogen-bond donors (Lipinski definition) is 1. The van der Waals surface area contributed by atoms with Crippen LogP contribution >= 0.6 is 0 Å². The monoisotopic (exact) mass is 381 g/mol. The maximum absolute atomic E-state index is 12.6. The number of carbonyl (C=O) groups is 1. The minimum Gasteiger partial charge on any atom is -0.491 e. The molecule has 1 heterocycles. The number of nitrogens with zero attached hydrogens (tertiary/aromatic N) is 2. The molecule has 150 valence electrons. The third-order valence-corrected chi connectivity index (χ3v) is 4.92. The first kappa shape index (κ1) is 20.4. The van der Waals surface area contributed by atoms with Crippen LogP contribution in [0.1, 0.15) is 25.3 Å². The lowest BCUT2D eigenvalue weighted by Gasteiger charge is -2.21. The third kappa shape index (κ3) is 6.36. The molecule has 0 spiro atoms. The van der Waals surface area contributed by atoms with Crippen LogP contribution in [0.15, 0.2) is 54.6 Å². The molecule has 3 rings (SSSR count). The van der Waals surface area contributed by atoms with Gasteiger partial charge < -0.3 is 10.1 Å². The van der Waals surface area contributed by atoms with E-state index < -0.39 is 0 Å². The molecule has 0 unspecified atom stereocenters. The van der Waals surface area contributed by atoms with Gasteiger partial charge in [-0.25, -0.2) is 0 Å². The third-order valence-electron chi connectivity index (χ3n) is 4.92. The molecule has 2 aromatic rings. The van der Waals surface area contributed by atoms with Gasteiger partial charge in [0, 0.05) is 19.6 Å². The predicted octanol–water partition coefficient (Wildman–Crippen LogP) is 3.62. The van der Waals surface area contributed by atoms with Gasteiger partial charge in [0.15, 0.2) is 0 Å². The molecular weight excluding hydrogens is 350 g/mol. The van der Waals surface area contributed by atoms with E-state index in [-0.39, 0.29) is 5.91 Å². The molecule has 1 N–H and O–H groups in total. The zero-order chi connectivity index (χ0) is 19.6. The molecular formula is C23H31N3O2. The standard InChI is InChI=1S/C23H31N3O2/c1-2-17-28-22-12-7-6-11-21(22)24-23(27)19-26-14-8-13-25(15-16-26)18-20-9-4-3-5-10-20/h3-7,9-12H,2,8,13-19H2,1H3,(H,24,27). The van der Waals surface area contributed by atoms with E-state index in [2.05, 4.69) is 52.4 Å². The van der Waals surface area contributed by atoms with Crippen molar-refractivity contribution in [2.75, 3.05) is 44.6 Å². The average Bonchev–Trinajstić information content (AvgIpc) is 2.93. The lowest BCUT2D eigenvalue weighted by atomic mass is 10.2. The Morgan fingerprint density at radius 3 is 2.50 bits per heavy atom. The summed E-state index contributed by atoms with van der Waals surface area (Å²) in [4.78, 5) is 17.3. The number of para-hydroxylation sites is 2. The Morgan fingerprint density at radius 1 is 0.964 bits per heavy atom. The molecule has 0 radical (unpaired) electrons. The van der Waals surface area contributed by atoms with Crippen molar-refractivity contribution in [3.05, 3.63) is 60.2 Å². The Kier molecular flexibility index (Phi) is 7.88. The van der Waals surface area contributed by atoms with E-state index in [1.54, 1.807) is 0 Å². The van der Waals surface area contributed by atoms with Crippen molar-refractivity contribution >= 4 is 11.6 Å². The van der Waals surface area contributed by atoms with Crippen LogP contribution in [-0.4, -0.2) is 55.0 Å². The molecule has 1 amide bonds. The van der Waals surface area contributed by atoms with Crippen LogP contribution in [-0.2, 0) is 11.3 Å². The number of amides is 1. The molecule has 0 atom stereocenters. The Labute approximate surface area is 168 Å². The quantitative estimate of drug-likeness (QED) is 0.759. The van der Waals surface area contributed by atoms with E-state index in [1.165, 1.54) is 5.56 Å². The second kappa shape index (κ2) is 10.8. The number of ether oxygens (including phenoxy) is 1. The largest absolute Gasteiger partial charge is 0.491 e. The number of carbonyl (C=O) groups excluding carboxylic acids is 1. The summed E-state index contributed by atoms with van der Waals surface area (Å²) in [6, 6.07) is 18.2. The first-order valence-corrected chi connectivity index (χ1v) is 10.2. The predicted molar refractivity (Wildman–Crippen MR) is 114 cm³/mol. The smallest absolute Gasteiger partial charge is 0.238 e. The second-order valence-corrected chi connectivity index (χ2v) is 7.28. The van der Waals surface area contributed by atoms with E-state index in [0.29, 0.717) is 13.2 Å². The molecule has 0 aromatic heterocycles. The van der Waals surface area contributed by atoms with Gasteiger partial charge in [0.2, 0.25) is 5.91 Å². The van der Waals surface area contributed by atoms with Gasteiger partial charge >= 0.3 is 0 Å². The van der Waals surface area contributed by atoms with Crippen molar-refractivity contribution in [3.8, 4) is 5.75 Å². The molecule has 2 aromatic carbocycles. The first-order valence-electron chi connectivity index (χ1n) is 10.2. The fourth-order valence-electron chi connectivity index (χ4n) is 3.48. The molecule has 0 aliphatic carbocycles. The van der Waals surface area contributed by atoms with Crippen LogP contribution in [0.5, 0.6) is 5.75 Å². The number of hydrogen-bond acceptors (Lipinski definition) is 4. The Balaban J connectivity index is 1.48. The fraction of sp³-hybridized carbons (Fsp3) is 0.435. The lowest BCUT2D eigenvalue weighted by molar-refractivity contribution is -0.117. The van der Waals surface area contributed by atoms with Crippen molar-refractivity contribution in [1.82, 2.24) is 9.80 Å². The number of rotatable bonds is 8. The van der Waals surface area contributed by atoms with Crippen LogP contribution < -0.4 is 10.1 Å². The summed E-state index contributed by atoms with van der Waals surface area (Å²) < 4.78 is 5.73. The molecule has 28 heavy (non-hydrogen) atoms. The van der Waals surface area contributed by atoms with Gasteiger partial charge in [0.25, 0.3) is 0 Å². The molecule has 5 nitrogen and oxygen atoms in total. The van der Waals surface area contributed by atoms with E-state index in [9.17, 15) is 4.79 Å². The highest BCUT2D eigenvalue weighted by Gasteiger charge is 2.18. The van der Waals surface area contributed by atoms with E-state index in [1.807, 2.05) is 24.3 Å². The SMILES string of the molecule is CCCOc1ccccc1NC(=O)CN1CCCN(Cc2ccccc2)CC1. The van der Waals surface area contributed by atoms with Gasteiger partial charge in [-0.2, -0.15) is 0 Å². The van der Waals surface area contributed by atoms with Crippen LogP contribution in [0.25, 0.3) is 0 Å². The summed E-state index contributed by atoms with van der Waals surface area (Å²) >= 11 is 0. The van der Waals surface area contributed by atoms with E-state index >= 15 is 0 Å². The van der Waals surface area contributed by atoms with Crippen molar-refractivity contribution in [3.63, 3.8) is 0 Å². The minimum absolute atomic E-state index is 0.0176. The molecule has 0 bridgehead atoms. The molecule has 0 saturated carbocycles. The summed E-state index contributed by atoms with van der Waals surface area (Å²) in [7, 11) is 0. The lowest BCUT2D eigenvalue weighted by Crippen LogP contribution is -2.36. The Hall–Kier alpha value is -2.37. The van der Waals surface area contributed by atoms with Gasteiger partial charge in [0.1, 0.15) is 5.75 Å². The zero-order valence-corrected chi connectivity index (χ0v) is 16.8. The molecule has 1 saturated heterocycles. The molecule has 1 aliphatic heterocycles. The van der Waals surface area contributed by atoms with Crippen LogP contribution in [0.4, 0.5) is 5.69 Å². The average molecular weight is 382 g/mol. The fourth-order valence-corrected chi connectivity index (χ4v) is 3.48. The van der Waals surface area contributed by atoms with Gasteiger partial charge in [-0.05, 0) is 43.6 Å². The number of nitrogens with one attached hydrogen (secondary N) is 1. The summed E-state index contributed by atoms with van der Waals surface area (Å²) in [6.07, 6.45) is 2.02. The van der Waals surface area contributed by atoms with Crippen molar-refractivity contribution in [2.45, 2.75) is 26.3 Å². The molecule has 1 fully saturated rings. The summed E-state index contributed by atoms with van der Waals surface area (Å²) in [5.41, 5.74) is 2.10. The molecule has 5 heteroatoms. The number of anilines is 1. The highest BCUT2D eigenvalue weighted by atomic mass is 16.5. The Morgan fingerprint density at radius 2 is 1.68 bits per heavy atom. The van der Waals surface area contributed by atoms with Crippen LogP contribution in [0.3, 0.4) is 0 Å². The van der Waals surface area contributed by atoms with Gasteiger partial charge in [0.05, 0.1) is 18.8 Å². The van der Waals surface area contributed by atoms with Crippen molar-refractivity contribution in [1.29, 1.82) is 0 Å². The first-order chi connectivity index (χ1) is 13.7. The van der Waals surface area contributed by atoms with E-state index in [4.69, 9.17) is 4.74 Å². The Bertz CT molecular complexity index is 736. The van der Waals surface area contributed by atoms with Gasteiger partial charge in [-0.3, -0.25) is 14.6 Å². The van der Waals surface area contributed by atoms with Crippen molar-refractivity contribution < 1.29 is 9.53 Å². The highest BCUT2D eigenvalue weighted by Crippen LogP contribution is 2.23. The van der Waals surface area contributed by atoms with Crippen molar-refractivity contribution in [2.24, 2.45) is 0 Å². The summed E-state index contributed by atoms with van der Waals surface area (Å²) in [5.74, 6) is 0.756. The zero-order valence-electron chi connectivity index (χ0n) is 16.8. The second-order valence-electron chi connectivity index (χ2n) is 7.28. The minimum atomic E-state index is 0.0176. The molecule has 1 aliphatic rings. The maximum atomic E-state index is 12.6. The normalized spacial score (nSPS) is 15.8. The summed E-state index contributed by atoms with van der Waals surface area (Å²) in [5, 5.41) is 3.02. The topological polar surface area (TPSA) is 44.8 Å². The van der Waals surface area contributed by atoms with Gasteiger partial charge in [-0.15, -0.1) is 0 Å². The summed E-state index contributed by atoms with van der Waals surface area (Å²) in [6.45, 7) is 8.03. The van der Waals surface area contributed by atoms with Crippen LogP contribution in [0, 0.1) is 0 Å². The number of benzene rings is 2. The van der Waals surface area contributed by atoms with Gasteiger partial charge in [-0.1, -0.05) is 49.4 Å². The highest BCUT2D eigenvalue weighted by molar-refractivity contribution is 5.93. The van der Waals surface area contributed by atoms with E-state index in [0.717, 1.165) is 57.0 Å². The maximum Gasteiger partial charge on any atom is 0.238 e.